The number of halogens is 1. The second-order valence-corrected chi connectivity index (χ2v) is 7.21. The molecule has 0 fully saturated rings. The smallest absolute Gasteiger partial charge is 0.339 e. The van der Waals surface area contributed by atoms with E-state index in [2.05, 4.69) is 15.9 Å². The first-order valence-electron chi connectivity index (χ1n) is 7.31. The lowest BCUT2D eigenvalue weighted by Crippen LogP contribution is -2.23. The number of hydrogen-bond acceptors (Lipinski definition) is 4. The number of thioether (sulfide) groups is 1. The van der Waals surface area contributed by atoms with Crippen molar-refractivity contribution < 1.29 is 14.3 Å². The van der Waals surface area contributed by atoms with Crippen molar-refractivity contribution in [2.75, 3.05) is 19.8 Å². The lowest BCUT2D eigenvalue weighted by molar-refractivity contribution is -0.125. The van der Waals surface area contributed by atoms with E-state index in [1.807, 2.05) is 36.4 Å². The second-order valence-electron chi connectivity index (χ2n) is 5.28. The molecule has 0 bridgehead atoms. The monoisotopic (exact) mass is 407 g/mol. The fourth-order valence-corrected chi connectivity index (χ4v) is 3.12. The predicted molar refractivity (Wildman–Crippen MR) is 99.1 cm³/mol. The Morgan fingerprint density at radius 2 is 1.75 bits per heavy atom. The summed E-state index contributed by atoms with van der Waals surface area (Å²) in [6.45, 7) is 0.210. The number of rotatable bonds is 6. The maximum Gasteiger partial charge on any atom is 0.339 e. The van der Waals surface area contributed by atoms with Crippen LogP contribution in [-0.4, -0.2) is 36.6 Å². The zero-order valence-electron chi connectivity index (χ0n) is 13.5. The zero-order valence-corrected chi connectivity index (χ0v) is 15.9. The molecule has 126 valence electrons. The van der Waals surface area contributed by atoms with Crippen LogP contribution < -0.4 is 0 Å². The summed E-state index contributed by atoms with van der Waals surface area (Å²) in [4.78, 5) is 26.3. The van der Waals surface area contributed by atoms with Gasteiger partial charge in [0.2, 0.25) is 5.91 Å². The average Bonchev–Trinajstić information content (AvgIpc) is 2.59. The normalized spacial score (nSPS) is 10.3. The van der Waals surface area contributed by atoms with Crippen LogP contribution in [0.2, 0.25) is 0 Å². The van der Waals surface area contributed by atoms with Crippen LogP contribution in [0.25, 0.3) is 0 Å². The molecule has 0 aromatic heterocycles. The van der Waals surface area contributed by atoms with E-state index in [1.165, 1.54) is 16.7 Å². The number of carbonyl (C=O) groups is 2. The van der Waals surface area contributed by atoms with Gasteiger partial charge in [0.1, 0.15) is 6.61 Å². The van der Waals surface area contributed by atoms with E-state index in [-0.39, 0.29) is 18.3 Å². The van der Waals surface area contributed by atoms with E-state index in [0.29, 0.717) is 5.56 Å². The lowest BCUT2D eigenvalue weighted by atomic mass is 10.2. The van der Waals surface area contributed by atoms with E-state index >= 15 is 0 Å². The van der Waals surface area contributed by atoms with Gasteiger partial charge < -0.3 is 9.64 Å². The van der Waals surface area contributed by atoms with Gasteiger partial charge in [-0.05, 0) is 29.8 Å². The Morgan fingerprint density at radius 3 is 2.42 bits per heavy atom. The summed E-state index contributed by atoms with van der Waals surface area (Å²) in [6, 6.07) is 14.8. The van der Waals surface area contributed by atoms with Crippen molar-refractivity contribution in [2.24, 2.45) is 0 Å². The van der Waals surface area contributed by atoms with Crippen molar-refractivity contribution in [3.63, 3.8) is 0 Å². The van der Waals surface area contributed by atoms with Gasteiger partial charge in [-0.3, -0.25) is 4.79 Å². The van der Waals surface area contributed by atoms with Crippen LogP contribution in [0, 0.1) is 0 Å². The van der Waals surface area contributed by atoms with Crippen LogP contribution in [0.1, 0.15) is 15.9 Å². The lowest BCUT2D eigenvalue weighted by Gasteiger charge is -2.12. The summed E-state index contributed by atoms with van der Waals surface area (Å²) < 4.78 is 6.36. The molecule has 1 amide bonds. The Bertz CT molecular complexity index is 716. The van der Waals surface area contributed by atoms with Gasteiger partial charge in [-0.15, -0.1) is 11.8 Å². The van der Waals surface area contributed by atoms with Gasteiger partial charge in [0.05, 0.1) is 11.3 Å². The highest BCUT2D eigenvalue weighted by molar-refractivity contribution is 9.10. The van der Waals surface area contributed by atoms with Gasteiger partial charge in [-0.2, -0.15) is 0 Å². The predicted octanol–water partition coefficient (Wildman–Crippen LogP) is 3.99. The van der Waals surface area contributed by atoms with Crippen molar-refractivity contribution >= 4 is 39.6 Å². The van der Waals surface area contributed by atoms with Crippen molar-refractivity contribution in [2.45, 2.75) is 11.5 Å². The topological polar surface area (TPSA) is 46.6 Å². The number of esters is 1. The number of carbonyl (C=O) groups excluding carboxylic acids is 2. The SMILES string of the molecule is CN(C)C(=O)CSc1ccccc1C(=O)OCc1ccc(Br)cc1. The summed E-state index contributed by atoms with van der Waals surface area (Å²) in [7, 11) is 3.42. The van der Waals surface area contributed by atoms with Crippen molar-refractivity contribution in [1.82, 2.24) is 4.90 Å². The quantitative estimate of drug-likeness (QED) is 0.536. The summed E-state index contributed by atoms with van der Waals surface area (Å²) >= 11 is 4.71. The minimum atomic E-state index is -0.390. The molecule has 0 saturated heterocycles. The van der Waals surface area contributed by atoms with E-state index in [1.54, 1.807) is 26.2 Å². The zero-order chi connectivity index (χ0) is 17.5. The van der Waals surface area contributed by atoms with E-state index in [0.717, 1.165) is 14.9 Å². The fourth-order valence-electron chi connectivity index (χ4n) is 1.84. The third-order valence-electron chi connectivity index (χ3n) is 3.24. The molecule has 0 N–H and O–H groups in total. The number of nitrogens with zero attached hydrogens (tertiary/aromatic N) is 1. The second kappa shape index (κ2) is 8.89. The molecule has 0 atom stereocenters. The molecule has 0 spiro atoms. The van der Waals surface area contributed by atoms with E-state index < -0.39 is 5.97 Å². The van der Waals surface area contributed by atoms with Crippen LogP contribution >= 0.6 is 27.7 Å². The molecule has 0 unspecified atom stereocenters. The standard InChI is InChI=1S/C18H18BrNO3S/c1-20(2)17(21)12-24-16-6-4-3-5-15(16)18(22)23-11-13-7-9-14(19)10-8-13/h3-10H,11-12H2,1-2H3. The molecule has 0 aliphatic heterocycles. The maximum absolute atomic E-state index is 12.3. The Kier molecular flexibility index (Phi) is 6.87. The molecule has 0 aliphatic carbocycles. The molecule has 0 aliphatic rings. The fraction of sp³-hybridized carbons (Fsp3) is 0.222. The Labute approximate surface area is 154 Å². The van der Waals surface area contributed by atoms with Crippen LogP contribution in [0.5, 0.6) is 0 Å². The molecule has 0 saturated carbocycles. The van der Waals surface area contributed by atoms with Gasteiger partial charge in [-0.25, -0.2) is 4.79 Å². The van der Waals surface area contributed by atoms with Crippen molar-refractivity contribution in [1.29, 1.82) is 0 Å². The minimum Gasteiger partial charge on any atom is -0.457 e. The van der Waals surface area contributed by atoms with Gasteiger partial charge in [-0.1, -0.05) is 40.2 Å². The van der Waals surface area contributed by atoms with Crippen LogP contribution in [0.4, 0.5) is 0 Å². The molecule has 4 nitrogen and oxygen atoms in total. The van der Waals surface area contributed by atoms with Crippen molar-refractivity contribution in [3.05, 3.63) is 64.1 Å². The third-order valence-corrected chi connectivity index (χ3v) is 4.83. The Hall–Kier alpha value is -1.79. The highest BCUT2D eigenvalue weighted by atomic mass is 79.9. The van der Waals surface area contributed by atoms with Crippen molar-refractivity contribution in [3.8, 4) is 0 Å². The molecule has 2 aromatic rings. The Balaban J connectivity index is 2.01. The summed E-state index contributed by atoms with van der Waals surface area (Å²) in [5.74, 6) is -0.111. The molecule has 0 heterocycles. The number of ether oxygens (including phenoxy) is 1. The molecule has 2 rings (SSSR count). The Morgan fingerprint density at radius 1 is 1.08 bits per heavy atom. The molecule has 24 heavy (non-hydrogen) atoms. The molecule has 2 aromatic carbocycles. The van der Waals surface area contributed by atoms with Crippen LogP contribution in [-0.2, 0) is 16.1 Å². The summed E-state index contributed by atoms with van der Waals surface area (Å²) in [6.07, 6.45) is 0. The largest absolute Gasteiger partial charge is 0.457 e. The number of benzene rings is 2. The highest BCUT2D eigenvalue weighted by Crippen LogP contribution is 2.24. The van der Waals surface area contributed by atoms with Gasteiger partial charge in [0.25, 0.3) is 0 Å². The average molecular weight is 408 g/mol. The van der Waals surface area contributed by atoms with Crippen LogP contribution in [0.3, 0.4) is 0 Å². The van der Waals surface area contributed by atoms with Gasteiger partial charge in [0.15, 0.2) is 0 Å². The molecular formula is C18H18BrNO3S. The van der Waals surface area contributed by atoms with Gasteiger partial charge in [0, 0.05) is 23.5 Å². The minimum absolute atomic E-state index is 0.00182. The first kappa shape index (κ1) is 18.5. The van der Waals surface area contributed by atoms with E-state index in [9.17, 15) is 9.59 Å². The number of hydrogen-bond donors (Lipinski definition) is 0. The maximum atomic E-state index is 12.3. The summed E-state index contributed by atoms with van der Waals surface area (Å²) in [5, 5.41) is 0. The van der Waals surface area contributed by atoms with E-state index in [4.69, 9.17) is 4.74 Å². The highest BCUT2D eigenvalue weighted by Gasteiger charge is 2.14. The molecular weight excluding hydrogens is 390 g/mol. The molecule has 6 heteroatoms. The third kappa shape index (κ3) is 5.39. The van der Waals surface area contributed by atoms with Crippen LogP contribution in [0.15, 0.2) is 57.9 Å². The molecule has 0 radical (unpaired) electrons. The first-order chi connectivity index (χ1) is 11.5. The first-order valence-corrected chi connectivity index (χ1v) is 9.09. The summed E-state index contributed by atoms with van der Waals surface area (Å²) in [5.41, 5.74) is 1.39. The number of amides is 1. The van der Waals surface area contributed by atoms with Gasteiger partial charge >= 0.3 is 5.97 Å².